The zero-order valence-corrected chi connectivity index (χ0v) is 7.58. The Kier molecular flexibility index (Phi) is 3.34. The van der Waals surface area contributed by atoms with E-state index in [0.717, 1.165) is 18.9 Å². The summed E-state index contributed by atoms with van der Waals surface area (Å²) < 4.78 is 0. The van der Waals surface area contributed by atoms with E-state index in [9.17, 15) is 0 Å². The largest absolute Gasteiger partial charge is 0.396 e. The fraction of sp³-hybridized carbons (Fsp3) is 1.00. The highest BCUT2D eigenvalue weighted by Crippen LogP contribution is 2.21. The molecule has 1 aliphatic rings. The molecule has 66 valence electrons. The van der Waals surface area contributed by atoms with Gasteiger partial charge in [0.15, 0.2) is 0 Å². The number of nitrogens with zero attached hydrogens (tertiary/aromatic N) is 1. The molecule has 0 aromatic carbocycles. The van der Waals surface area contributed by atoms with Gasteiger partial charge in [0.25, 0.3) is 0 Å². The Morgan fingerprint density at radius 1 is 1.64 bits per heavy atom. The topological polar surface area (TPSA) is 23.5 Å². The molecular formula is C9H19NO. The van der Waals surface area contributed by atoms with Gasteiger partial charge in [0, 0.05) is 25.2 Å². The molecule has 1 fully saturated rings. The summed E-state index contributed by atoms with van der Waals surface area (Å²) in [6, 6.07) is 1.45. The van der Waals surface area contributed by atoms with E-state index in [1.807, 2.05) is 0 Å². The van der Waals surface area contributed by atoms with Crippen LogP contribution in [0.4, 0.5) is 0 Å². The minimum Gasteiger partial charge on any atom is -0.396 e. The Bertz CT molecular complexity index is 116. The lowest BCUT2D eigenvalue weighted by molar-refractivity contribution is 0.0535. The van der Waals surface area contributed by atoms with E-state index in [0.29, 0.717) is 12.6 Å². The highest BCUT2D eigenvalue weighted by molar-refractivity contribution is 4.82. The number of likely N-dealkylation sites (tertiary alicyclic amines) is 1. The fourth-order valence-electron chi connectivity index (χ4n) is 1.74. The van der Waals surface area contributed by atoms with Crippen LogP contribution in [0, 0.1) is 0 Å². The molecule has 0 aliphatic carbocycles. The zero-order valence-electron chi connectivity index (χ0n) is 7.58. The maximum atomic E-state index is 8.64. The van der Waals surface area contributed by atoms with E-state index in [1.165, 1.54) is 13.0 Å². The van der Waals surface area contributed by atoms with Crippen molar-refractivity contribution in [3.63, 3.8) is 0 Å². The molecule has 2 heteroatoms. The third kappa shape index (κ3) is 2.17. The van der Waals surface area contributed by atoms with Crippen LogP contribution in [0.25, 0.3) is 0 Å². The van der Waals surface area contributed by atoms with Crippen LogP contribution in [0.5, 0.6) is 0 Å². The van der Waals surface area contributed by atoms with E-state index in [4.69, 9.17) is 5.11 Å². The lowest BCUT2D eigenvalue weighted by Crippen LogP contribution is -2.50. The van der Waals surface area contributed by atoms with Gasteiger partial charge in [0.2, 0.25) is 0 Å². The third-order valence-corrected chi connectivity index (χ3v) is 2.72. The number of rotatable bonds is 4. The summed E-state index contributed by atoms with van der Waals surface area (Å²) in [6.07, 6.45) is 3.44. The van der Waals surface area contributed by atoms with Crippen molar-refractivity contribution in [3.05, 3.63) is 0 Å². The lowest BCUT2D eigenvalue weighted by atomic mass is 10.00. The highest BCUT2D eigenvalue weighted by atomic mass is 16.2. The van der Waals surface area contributed by atoms with Gasteiger partial charge in [-0.1, -0.05) is 0 Å². The van der Waals surface area contributed by atoms with Crippen molar-refractivity contribution in [3.8, 4) is 0 Å². The summed E-state index contributed by atoms with van der Waals surface area (Å²) in [5.41, 5.74) is 0. The SMILES string of the molecule is CC(CCCO)N1CCC1C. The van der Waals surface area contributed by atoms with Crippen LogP contribution in [0.15, 0.2) is 0 Å². The Morgan fingerprint density at radius 2 is 2.36 bits per heavy atom. The molecule has 1 N–H and O–H groups in total. The summed E-state index contributed by atoms with van der Waals surface area (Å²) in [5, 5.41) is 8.64. The summed E-state index contributed by atoms with van der Waals surface area (Å²) in [4.78, 5) is 2.51. The van der Waals surface area contributed by atoms with Crippen LogP contribution in [0.2, 0.25) is 0 Å². The number of aliphatic hydroxyl groups is 1. The predicted octanol–water partition coefficient (Wildman–Crippen LogP) is 1.24. The predicted molar refractivity (Wildman–Crippen MR) is 46.6 cm³/mol. The van der Waals surface area contributed by atoms with Gasteiger partial charge in [-0.05, 0) is 33.1 Å². The molecule has 0 bridgehead atoms. The van der Waals surface area contributed by atoms with Gasteiger partial charge in [-0.3, -0.25) is 4.90 Å². The molecule has 1 saturated heterocycles. The van der Waals surface area contributed by atoms with E-state index in [1.54, 1.807) is 0 Å². The van der Waals surface area contributed by atoms with Gasteiger partial charge in [-0.15, -0.1) is 0 Å². The van der Waals surface area contributed by atoms with Crippen LogP contribution in [0.1, 0.15) is 33.1 Å². The molecule has 11 heavy (non-hydrogen) atoms. The fourth-order valence-corrected chi connectivity index (χ4v) is 1.74. The maximum Gasteiger partial charge on any atom is 0.0431 e. The third-order valence-electron chi connectivity index (χ3n) is 2.72. The van der Waals surface area contributed by atoms with Crippen molar-refractivity contribution in [2.24, 2.45) is 0 Å². The Hall–Kier alpha value is -0.0800. The maximum absolute atomic E-state index is 8.64. The molecule has 2 atom stereocenters. The second-order valence-corrected chi connectivity index (χ2v) is 3.59. The second kappa shape index (κ2) is 4.07. The van der Waals surface area contributed by atoms with Crippen molar-refractivity contribution in [2.75, 3.05) is 13.2 Å². The Balaban J connectivity index is 2.13. The average molecular weight is 157 g/mol. The van der Waals surface area contributed by atoms with Gasteiger partial charge >= 0.3 is 0 Å². The van der Waals surface area contributed by atoms with Crippen LogP contribution in [-0.2, 0) is 0 Å². The molecule has 1 rings (SSSR count). The van der Waals surface area contributed by atoms with Gasteiger partial charge in [0.1, 0.15) is 0 Å². The van der Waals surface area contributed by atoms with Crippen LogP contribution in [-0.4, -0.2) is 35.2 Å². The Labute approximate surface area is 69.2 Å². The van der Waals surface area contributed by atoms with Gasteiger partial charge in [-0.25, -0.2) is 0 Å². The first kappa shape index (κ1) is 9.01. The van der Waals surface area contributed by atoms with E-state index >= 15 is 0 Å². The molecule has 0 aromatic heterocycles. The van der Waals surface area contributed by atoms with Gasteiger partial charge in [-0.2, -0.15) is 0 Å². The smallest absolute Gasteiger partial charge is 0.0431 e. The first-order valence-corrected chi connectivity index (χ1v) is 4.62. The molecule has 2 nitrogen and oxygen atoms in total. The van der Waals surface area contributed by atoms with E-state index < -0.39 is 0 Å². The summed E-state index contributed by atoms with van der Waals surface area (Å²) in [7, 11) is 0. The molecule has 0 amide bonds. The van der Waals surface area contributed by atoms with Crippen molar-refractivity contribution >= 4 is 0 Å². The quantitative estimate of drug-likeness (QED) is 0.663. The van der Waals surface area contributed by atoms with E-state index in [2.05, 4.69) is 18.7 Å². The molecule has 0 radical (unpaired) electrons. The first-order chi connectivity index (χ1) is 5.25. The second-order valence-electron chi connectivity index (χ2n) is 3.59. The minimum absolute atomic E-state index is 0.340. The summed E-state index contributed by atoms with van der Waals surface area (Å²) in [6.45, 7) is 6.13. The number of aliphatic hydroxyl groups excluding tert-OH is 1. The average Bonchev–Trinajstić information content (AvgIpc) is 1.98. The van der Waals surface area contributed by atoms with Gasteiger partial charge < -0.3 is 5.11 Å². The lowest BCUT2D eigenvalue weighted by Gasteiger charge is -2.43. The van der Waals surface area contributed by atoms with Crippen LogP contribution < -0.4 is 0 Å². The molecule has 2 unspecified atom stereocenters. The zero-order chi connectivity index (χ0) is 8.27. The molecule has 0 saturated carbocycles. The Morgan fingerprint density at radius 3 is 2.73 bits per heavy atom. The van der Waals surface area contributed by atoms with Crippen LogP contribution in [0.3, 0.4) is 0 Å². The van der Waals surface area contributed by atoms with Crippen molar-refractivity contribution in [2.45, 2.75) is 45.2 Å². The molecule has 0 aromatic rings. The normalized spacial score (nSPS) is 28.1. The van der Waals surface area contributed by atoms with Crippen LogP contribution >= 0.6 is 0 Å². The van der Waals surface area contributed by atoms with Gasteiger partial charge in [0.05, 0.1) is 0 Å². The monoisotopic (exact) mass is 157 g/mol. The molecule has 1 aliphatic heterocycles. The van der Waals surface area contributed by atoms with Crippen molar-refractivity contribution < 1.29 is 5.11 Å². The summed E-state index contributed by atoms with van der Waals surface area (Å²) >= 11 is 0. The summed E-state index contributed by atoms with van der Waals surface area (Å²) in [5.74, 6) is 0. The molecular weight excluding hydrogens is 138 g/mol. The number of hydrogen-bond acceptors (Lipinski definition) is 2. The minimum atomic E-state index is 0.340. The standard InChI is InChI=1S/C9H19NO/c1-8(4-3-7-11)10-6-5-9(10)2/h8-9,11H,3-7H2,1-2H3. The number of hydrogen-bond donors (Lipinski definition) is 1. The molecule has 1 heterocycles. The molecule has 0 spiro atoms. The van der Waals surface area contributed by atoms with Crippen molar-refractivity contribution in [1.29, 1.82) is 0 Å². The van der Waals surface area contributed by atoms with Crippen molar-refractivity contribution in [1.82, 2.24) is 4.90 Å². The van der Waals surface area contributed by atoms with E-state index in [-0.39, 0.29) is 0 Å². The highest BCUT2D eigenvalue weighted by Gasteiger charge is 2.27. The first-order valence-electron chi connectivity index (χ1n) is 4.62.